The first-order valence-electron chi connectivity index (χ1n) is 11.9. The Bertz CT molecular complexity index is 1440. The van der Waals surface area contributed by atoms with Gasteiger partial charge in [-0.05, 0) is 60.5 Å². The molecule has 1 N–H and O–H groups in total. The Morgan fingerprint density at radius 2 is 1.89 bits per heavy atom. The highest BCUT2D eigenvalue weighted by Gasteiger charge is 2.39. The molecule has 2 atom stereocenters. The van der Waals surface area contributed by atoms with E-state index in [0.29, 0.717) is 17.3 Å². The quantitative estimate of drug-likeness (QED) is 0.408. The van der Waals surface area contributed by atoms with E-state index in [0.717, 1.165) is 28.2 Å². The van der Waals surface area contributed by atoms with Crippen molar-refractivity contribution in [1.29, 1.82) is 0 Å². The number of hydrogen-bond donors (Lipinski definition) is 1. The molecule has 2 aliphatic rings. The van der Waals surface area contributed by atoms with Crippen molar-refractivity contribution in [2.24, 2.45) is 10.1 Å². The molecule has 2 aliphatic heterocycles. The molecule has 0 aromatic heterocycles. The molecule has 5 rings (SSSR count). The number of nitrogens with zero attached hydrogens (tertiary/aromatic N) is 3. The van der Waals surface area contributed by atoms with Crippen LogP contribution in [0.25, 0.3) is 0 Å². The van der Waals surface area contributed by atoms with Gasteiger partial charge in [0, 0.05) is 18.5 Å². The van der Waals surface area contributed by atoms with Crippen molar-refractivity contribution in [1.82, 2.24) is 5.01 Å². The molecule has 10 heteroatoms. The van der Waals surface area contributed by atoms with Crippen LogP contribution in [0.5, 0.6) is 5.75 Å². The van der Waals surface area contributed by atoms with E-state index < -0.39 is 22.9 Å². The summed E-state index contributed by atoms with van der Waals surface area (Å²) in [5.41, 5.74) is 4.36. The molecule has 0 aliphatic carbocycles. The lowest BCUT2D eigenvalue weighted by molar-refractivity contribution is -0.121. The zero-order chi connectivity index (χ0) is 26.8. The lowest BCUT2D eigenvalue weighted by Gasteiger charge is -2.23. The van der Waals surface area contributed by atoms with Gasteiger partial charge in [-0.25, -0.2) is 9.40 Å². The number of carbonyl (C=O) groups excluding carboxylic acids is 2. The van der Waals surface area contributed by atoms with Crippen molar-refractivity contribution in [2.45, 2.75) is 31.1 Å². The Kier molecular flexibility index (Phi) is 7.49. The molecule has 0 saturated carbocycles. The van der Waals surface area contributed by atoms with Crippen LogP contribution in [0, 0.1) is 12.7 Å². The van der Waals surface area contributed by atoms with Crippen molar-refractivity contribution < 1.29 is 18.7 Å². The highest BCUT2D eigenvalue weighted by Crippen LogP contribution is 2.39. The first kappa shape index (κ1) is 25.9. The van der Waals surface area contributed by atoms with Gasteiger partial charge in [0.25, 0.3) is 5.91 Å². The molecule has 0 radical (unpaired) electrons. The number of halogens is 2. The minimum Gasteiger partial charge on any atom is -0.497 e. The Morgan fingerprint density at radius 3 is 2.58 bits per heavy atom. The van der Waals surface area contributed by atoms with Crippen LogP contribution in [-0.2, 0) is 9.59 Å². The van der Waals surface area contributed by atoms with Crippen LogP contribution in [-0.4, -0.2) is 40.1 Å². The Morgan fingerprint density at radius 1 is 1.16 bits per heavy atom. The third kappa shape index (κ3) is 5.58. The molecule has 2 heterocycles. The number of thioether (sulfide) groups is 1. The third-order valence-corrected chi connectivity index (χ3v) is 7.73. The number of hydrazone groups is 1. The zero-order valence-corrected chi connectivity index (χ0v) is 22.2. The molecule has 7 nitrogen and oxygen atoms in total. The van der Waals surface area contributed by atoms with Crippen LogP contribution < -0.4 is 10.1 Å². The highest BCUT2D eigenvalue weighted by atomic mass is 35.5. The van der Waals surface area contributed by atoms with Crippen molar-refractivity contribution in [2.75, 3.05) is 12.4 Å². The number of hydrogen-bond acceptors (Lipinski definition) is 6. The van der Waals surface area contributed by atoms with E-state index in [4.69, 9.17) is 21.4 Å². The van der Waals surface area contributed by atoms with Crippen molar-refractivity contribution >= 4 is 51.7 Å². The number of aliphatic imine (C=N–C) groups is 1. The van der Waals surface area contributed by atoms with Crippen LogP contribution in [0.2, 0.25) is 5.02 Å². The van der Waals surface area contributed by atoms with Gasteiger partial charge in [0.1, 0.15) is 16.8 Å². The lowest BCUT2D eigenvalue weighted by atomic mass is 9.98. The lowest BCUT2D eigenvalue weighted by Crippen LogP contribution is -2.25. The number of carbonyl (C=O) groups is 2. The van der Waals surface area contributed by atoms with Gasteiger partial charge in [0.15, 0.2) is 5.17 Å². The van der Waals surface area contributed by atoms with Crippen molar-refractivity contribution in [3.63, 3.8) is 0 Å². The van der Waals surface area contributed by atoms with Gasteiger partial charge in [0.2, 0.25) is 5.91 Å². The molecule has 3 aromatic rings. The summed E-state index contributed by atoms with van der Waals surface area (Å²) in [6, 6.07) is 19.6. The first-order chi connectivity index (χ1) is 18.3. The molecule has 0 unspecified atom stereocenters. The molecule has 3 aromatic carbocycles. The number of methoxy groups -OCH3 is 1. The molecule has 0 bridgehead atoms. The van der Waals surface area contributed by atoms with E-state index in [9.17, 15) is 14.0 Å². The summed E-state index contributed by atoms with van der Waals surface area (Å²) >= 11 is 7.02. The number of nitrogens with one attached hydrogen (secondary N) is 1. The van der Waals surface area contributed by atoms with Crippen LogP contribution in [0.1, 0.15) is 35.6 Å². The second-order valence-corrected chi connectivity index (χ2v) is 10.5. The van der Waals surface area contributed by atoms with E-state index in [1.54, 1.807) is 12.1 Å². The molecule has 2 amide bonds. The second-order valence-electron chi connectivity index (χ2n) is 8.97. The van der Waals surface area contributed by atoms with Crippen molar-refractivity contribution in [3.05, 3.63) is 94.3 Å². The van der Waals surface area contributed by atoms with Crippen LogP contribution in [0.4, 0.5) is 10.1 Å². The molecule has 194 valence electrons. The van der Waals surface area contributed by atoms with Gasteiger partial charge in [-0.3, -0.25) is 9.59 Å². The normalized spacial score (nSPS) is 18.8. The molecule has 0 fully saturated rings. The fourth-order valence-electron chi connectivity index (χ4n) is 4.25. The van der Waals surface area contributed by atoms with Gasteiger partial charge >= 0.3 is 0 Å². The Hall–Kier alpha value is -3.69. The molecular weight excluding hydrogens is 527 g/mol. The average molecular weight is 551 g/mol. The number of ether oxygens (including phenoxy) is 1. The number of anilines is 1. The molecular formula is C28H24ClFN4O3S. The van der Waals surface area contributed by atoms with Gasteiger partial charge in [-0.2, -0.15) is 10.1 Å². The molecule has 38 heavy (non-hydrogen) atoms. The monoisotopic (exact) mass is 550 g/mol. The number of benzene rings is 3. The Labute approximate surface area is 228 Å². The predicted octanol–water partition coefficient (Wildman–Crippen LogP) is 5.97. The van der Waals surface area contributed by atoms with E-state index >= 15 is 0 Å². The van der Waals surface area contributed by atoms with Gasteiger partial charge in [-0.15, -0.1) is 0 Å². The summed E-state index contributed by atoms with van der Waals surface area (Å²) < 4.78 is 18.7. The van der Waals surface area contributed by atoms with Gasteiger partial charge < -0.3 is 10.1 Å². The summed E-state index contributed by atoms with van der Waals surface area (Å²) in [6.07, 6.45) is 0.531. The summed E-state index contributed by atoms with van der Waals surface area (Å²) in [4.78, 5) is 29.7. The largest absolute Gasteiger partial charge is 0.497 e. The van der Waals surface area contributed by atoms with E-state index in [-0.39, 0.29) is 17.5 Å². The molecule has 0 spiro atoms. The SMILES string of the molecule is COc1ccc(C2=NN(C3=NC(=O)[C@@H](CC(=O)Nc4ccc(F)c(Cl)c4)S3)[C@H](c3ccc(C)cc3)C2)cc1. The maximum atomic E-state index is 13.4. The van der Waals surface area contributed by atoms with Gasteiger partial charge in [0.05, 0.1) is 23.9 Å². The van der Waals surface area contributed by atoms with Crippen LogP contribution >= 0.6 is 23.4 Å². The number of aryl methyl sites for hydroxylation is 1. The third-order valence-electron chi connectivity index (χ3n) is 6.29. The standard InChI is InChI=1S/C28H24ClFN4O3S/c1-16-3-5-18(6-4-16)24-14-23(17-7-10-20(37-2)11-8-17)33-34(24)28-32-27(36)25(38-28)15-26(35)31-19-9-12-22(30)21(29)13-19/h3-13,24-25H,14-15H2,1-2H3,(H,31,35)/t24-,25+/m0/s1. The number of amides is 2. The smallest absolute Gasteiger partial charge is 0.262 e. The topological polar surface area (TPSA) is 83.4 Å². The van der Waals surface area contributed by atoms with E-state index in [1.165, 1.54) is 30.0 Å². The van der Waals surface area contributed by atoms with E-state index in [1.807, 2.05) is 43.3 Å². The van der Waals surface area contributed by atoms with Crippen LogP contribution in [0.3, 0.4) is 0 Å². The maximum Gasteiger partial charge on any atom is 0.262 e. The van der Waals surface area contributed by atoms with E-state index in [2.05, 4.69) is 22.4 Å². The Balaban J connectivity index is 1.34. The maximum absolute atomic E-state index is 13.4. The summed E-state index contributed by atoms with van der Waals surface area (Å²) in [6.45, 7) is 2.03. The summed E-state index contributed by atoms with van der Waals surface area (Å²) in [7, 11) is 1.62. The summed E-state index contributed by atoms with van der Waals surface area (Å²) in [5.74, 6) is -0.612. The predicted molar refractivity (Wildman–Crippen MR) is 148 cm³/mol. The minimum atomic E-state index is -0.695. The second kappa shape index (κ2) is 11.0. The van der Waals surface area contributed by atoms with Crippen molar-refractivity contribution in [3.8, 4) is 5.75 Å². The molecule has 0 saturated heterocycles. The van der Waals surface area contributed by atoms with Crippen LogP contribution in [0.15, 0.2) is 76.8 Å². The zero-order valence-electron chi connectivity index (χ0n) is 20.7. The van der Waals surface area contributed by atoms with Gasteiger partial charge in [-0.1, -0.05) is 53.2 Å². The first-order valence-corrected chi connectivity index (χ1v) is 13.2. The average Bonchev–Trinajstić information content (AvgIpc) is 3.51. The minimum absolute atomic E-state index is 0.0937. The summed E-state index contributed by atoms with van der Waals surface area (Å²) in [5, 5.41) is 8.97. The number of rotatable bonds is 6. The fraction of sp³-hybridized carbons (Fsp3) is 0.214. The number of amidine groups is 1. The fourth-order valence-corrected chi connectivity index (χ4v) is 5.49. The highest BCUT2D eigenvalue weighted by molar-refractivity contribution is 8.15.